The summed E-state index contributed by atoms with van der Waals surface area (Å²) in [4.78, 5) is 11.6. The highest BCUT2D eigenvalue weighted by atomic mass is 32.1. The number of nitrogen functional groups attached to an aromatic ring is 1. The molecule has 0 unspecified atom stereocenters. The topological polar surface area (TPSA) is 85.8 Å². The maximum Gasteiger partial charge on any atom is 0.251 e. The van der Waals surface area contributed by atoms with Gasteiger partial charge in [-0.2, -0.15) is 0 Å². The van der Waals surface area contributed by atoms with Crippen molar-refractivity contribution in [3.8, 4) is 0 Å². The number of aromatic nitrogens is 3. The molecule has 0 amide bonds. The second-order valence-electron chi connectivity index (χ2n) is 3.28. The fourth-order valence-electron chi connectivity index (χ4n) is 1.40. The summed E-state index contributed by atoms with van der Waals surface area (Å²) >= 11 is 1.17. The van der Waals surface area contributed by atoms with Gasteiger partial charge in [0.2, 0.25) is 0 Å². The van der Waals surface area contributed by atoms with Crippen LogP contribution in [-0.2, 0) is 6.54 Å². The molecule has 3 N–H and O–H groups in total. The van der Waals surface area contributed by atoms with Gasteiger partial charge in [0, 0.05) is 23.3 Å². The Morgan fingerprint density at radius 1 is 1.56 bits per heavy atom. The third-order valence-electron chi connectivity index (χ3n) is 2.26. The first-order chi connectivity index (χ1) is 7.72. The Hall–Kier alpha value is -1.73. The maximum absolute atomic E-state index is 11.6. The average Bonchev–Trinajstić information content (AvgIpc) is 2.71. The fraction of sp³-hybridized carbons (Fsp3) is 0.222. The van der Waals surface area contributed by atoms with E-state index in [4.69, 9.17) is 5.84 Å². The number of anilines is 1. The third kappa shape index (κ3) is 1.95. The van der Waals surface area contributed by atoms with Crippen molar-refractivity contribution in [2.75, 3.05) is 5.43 Å². The average molecular weight is 237 g/mol. The minimum Gasteiger partial charge on any atom is -0.313 e. The molecule has 2 aromatic rings. The van der Waals surface area contributed by atoms with Crippen molar-refractivity contribution in [3.63, 3.8) is 0 Å². The number of rotatable bonds is 3. The van der Waals surface area contributed by atoms with Crippen molar-refractivity contribution in [1.29, 1.82) is 0 Å². The van der Waals surface area contributed by atoms with E-state index in [1.54, 1.807) is 10.6 Å². The van der Waals surface area contributed by atoms with Crippen molar-refractivity contribution in [2.45, 2.75) is 13.5 Å². The highest BCUT2D eigenvalue weighted by Gasteiger charge is 2.09. The van der Waals surface area contributed by atoms with E-state index in [0.717, 1.165) is 5.69 Å². The van der Waals surface area contributed by atoms with Crippen molar-refractivity contribution in [1.82, 2.24) is 14.2 Å². The van der Waals surface area contributed by atoms with E-state index in [1.807, 2.05) is 13.0 Å². The first kappa shape index (κ1) is 10.8. The Morgan fingerprint density at radius 3 is 3.06 bits per heavy atom. The van der Waals surface area contributed by atoms with Crippen LogP contribution >= 0.6 is 11.5 Å². The number of hydrazine groups is 1. The number of hydrogen-bond donors (Lipinski definition) is 2. The van der Waals surface area contributed by atoms with Gasteiger partial charge in [0.15, 0.2) is 0 Å². The van der Waals surface area contributed by atoms with Crippen LogP contribution in [0.5, 0.6) is 0 Å². The van der Waals surface area contributed by atoms with Crippen LogP contribution in [-0.4, -0.2) is 14.2 Å². The lowest BCUT2D eigenvalue weighted by Crippen LogP contribution is -2.22. The molecule has 0 aromatic carbocycles. The van der Waals surface area contributed by atoms with E-state index in [-0.39, 0.29) is 5.56 Å². The monoisotopic (exact) mass is 237 g/mol. The molecule has 0 atom stereocenters. The normalized spacial score (nSPS) is 10.4. The minimum atomic E-state index is -0.0593. The van der Waals surface area contributed by atoms with Gasteiger partial charge in [0.1, 0.15) is 10.7 Å². The summed E-state index contributed by atoms with van der Waals surface area (Å²) in [5.74, 6) is 5.32. The Morgan fingerprint density at radius 2 is 2.38 bits per heavy atom. The van der Waals surface area contributed by atoms with Gasteiger partial charge >= 0.3 is 0 Å². The fourth-order valence-corrected chi connectivity index (χ4v) is 1.88. The van der Waals surface area contributed by atoms with E-state index >= 15 is 0 Å². The Bertz CT molecular complexity index is 547. The molecule has 0 saturated heterocycles. The summed E-state index contributed by atoms with van der Waals surface area (Å²) in [6, 6.07) is 5.12. The molecule has 0 aliphatic carbocycles. The molecule has 2 aromatic heterocycles. The van der Waals surface area contributed by atoms with Crippen LogP contribution in [0.15, 0.2) is 23.0 Å². The predicted molar refractivity (Wildman–Crippen MR) is 62.3 cm³/mol. The maximum atomic E-state index is 11.6. The molecule has 0 spiro atoms. The number of nitrogens with two attached hydrogens (primary N) is 1. The van der Waals surface area contributed by atoms with Crippen LogP contribution in [0.3, 0.4) is 0 Å². The number of hydrogen-bond acceptors (Lipinski definition) is 6. The minimum absolute atomic E-state index is 0.0593. The molecule has 7 heteroatoms. The standard InChI is InChI=1S/C9H11N5OS/c1-6-3-2-4-8(15)14(6)5-7-9(11-10)16-13-12-7/h2-4,11H,5,10H2,1H3. The second kappa shape index (κ2) is 4.42. The highest BCUT2D eigenvalue weighted by Crippen LogP contribution is 2.16. The number of aryl methyl sites for hydroxylation is 1. The highest BCUT2D eigenvalue weighted by molar-refractivity contribution is 7.10. The molecular formula is C9H11N5OS. The van der Waals surface area contributed by atoms with Gasteiger partial charge in [-0.25, -0.2) is 5.84 Å². The summed E-state index contributed by atoms with van der Waals surface area (Å²) in [5, 5.41) is 4.61. The third-order valence-corrected chi connectivity index (χ3v) is 2.96. The Balaban J connectivity index is 2.38. The number of nitrogens with one attached hydrogen (secondary N) is 1. The number of pyridine rings is 1. The molecule has 0 saturated carbocycles. The van der Waals surface area contributed by atoms with Crippen LogP contribution in [0, 0.1) is 6.92 Å². The van der Waals surface area contributed by atoms with Gasteiger partial charge < -0.3 is 9.99 Å². The Labute approximate surface area is 95.9 Å². The molecule has 16 heavy (non-hydrogen) atoms. The van der Waals surface area contributed by atoms with Crippen molar-refractivity contribution >= 4 is 16.5 Å². The molecule has 6 nitrogen and oxygen atoms in total. The largest absolute Gasteiger partial charge is 0.313 e. The molecule has 2 heterocycles. The zero-order valence-electron chi connectivity index (χ0n) is 8.67. The first-order valence-electron chi connectivity index (χ1n) is 4.66. The van der Waals surface area contributed by atoms with E-state index < -0.39 is 0 Å². The predicted octanol–water partition coefficient (Wildman–Crippen LogP) is 0.342. The molecule has 0 radical (unpaired) electrons. The molecule has 2 rings (SSSR count). The molecule has 0 aliphatic heterocycles. The zero-order chi connectivity index (χ0) is 11.5. The molecule has 0 bridgehead atoms. The van der Waals surface area contributed by atoms with E-state index in [9.17, 15) is 4.79 Å². The summed E-state index contributed by atoms with van der Waals surface area (Å²) in [6.45, 7) is 2.25. The van der Waals surface area contributed by atoms with Gasteiger partial charge in [-0.3, -0.25) is 4.79 Å². The lowest BCUT2D eigenvalue weighted by molar-refractivity contribution is 0.710. The van der Waals surface area contributed by atoms with E-state index in [2.05, 4.69) is 15.0 Å². The quantitative estimate of drug-likeness (QED) is 0.594. The van der Waals surface area contributed by atoms with Crippen LogP contribution in [0.25, 0.3) is 0 Å². The van der Waals surface area contributed by atoms with Crippen molar-refractivity contribution in [3.05, 3.63) is 39.9 Å². The Kier molecular flexibility index (Phi) is 2.97. The summed E-state index contributed by atoms with van der Waals surface area (Å²) < 4.78 is 5.40. The summed E-state index contributed by atoms with van der Waals surface area (Å²) in [5.41, 5.74) is 4.00. The van der Waals surface area contributed by atoms with Crippen LogP contribution in [0.4, 0.5) is 5.00 Å². The molecule has 0 fully saturated rings. The van der Waals surface area contributed by atoms with Gasteiger partial charge in [0.25, 0.3) is 5.56 Å². The SMILES string of the molecule is Cc1cccc(=O)n1Cc1nnsc1NN. The van der Waals surface area contributed by atoms with E-state index in [0.29, 0.717) is 17.2 Å². The van der Waals surface area contributed by atoms with Gasteiger partial charge in [-0.15, -0.1) is 5.10 Å². The number of nitrogens with zero attached hydrogens (tertiary/aromatic N) is 3. The molecule has 0 aliphatic rings. The second-order valence-corrected chi connectivity index (χ2v) is 4.04. The van der Waals surface area contributed by atoms with Gasteiger partial charge in [0.05, 0.1) is 6.54 Å². The van der Waals surface area contributed by atoms with E-state index in [1.165, 1.54) is 17.6 Å². The smallest absolute Gasteiger partial charge is 0.251 e. The lowest BCUT2D eigenvalue weighted by atomic mass is 10.3. The summed E-state index contributed by atoms with van der Waals surface area (Å²) in [6.07, 6.45) is 0. The van der Waals surface area contributed by atoms with Crippen LogP contribution < -0.4 is 16.8 Å². The van der Waals surface area contributed by atoms with Crippen molar-refractivity contribution in [2.24, 2.45) is 5.84 Å². The zero-order valence-corrected chi connectivity index (χ0v) is 9.49. The van der Waals surface area contributed by atoms with Crippen LogP contribution in [0.2, 0.25) is 0 Å². The lowest BCUT2D eigenvalue weighted by Gasteiger charge is -2.07. The molecular weight excluding hydrogens is 226 g/mol. The van der Waals surface area contributed by atoms with Crippen molar-refractivity contribution < 1.29 is 0 Å². The van der Waals surface area contributed by atoms with Gasteiger partial charge in [-0.05, 0) is 13.0 Å². The van der Waals surface area contributed by atoms with Gasteiger partial charge in [-0.1, -0.05) is 10.6 Å². The molecule has 84 valence electrons. The summed E-state index contributed by atoms with van der Waals surface area (Å²) in [7, 11) is 0. The first-order valence-corrected chi connectivity index (χ1v) is 5.44. The van der Waals surface area contributed by atoms with Crippen LogP contribution in [0.1, 0.15) is 11.4 Å².